The average molecular weight is 324 g/mol. The van der Waals surface area contributed by atoms with Gasteiger partial charge in [-0.3, -0.25) is 0 Å². The zero-order valence-electron chi connectivity index (χ0n) is 12.7. The highest BCUT2D eigenvalue weighted by molar-refractivity contribution is 7.61. The van der Waals surface area contributed by atoms with Crippen molar-refractivity contribution in [1.82, 2.24) is 0 Å². The van der Waals surface area contributed by atoms with Gasteiger partial charge in [0.25, 0.3) is 0 Å². The Morgan fingerprint density at radius 1 is 0.870 bits per heavy atom. The van der Waals surface area contributed by atoms with Crippen molar-refractivity contribution in [3.8, 4) is 16.9 Å². The molecule has 0 aliphatic heterocycles. The van der Waals surface area contributed by atoms with E-state index in [9.17, 15) is 9.46 Å². The Kier molecular flexibility index (Phi) is 4.33. The van der Waals surface area contributed by atoms with Gasteiger partial charge >= 0.3 is 7.60 Å². The van der Waals surface area contributed by atoms with Gasteiger partial charge in [0.2, 0.25) is 0 Å². The first-order valence-electron chi connectivity index (χ1n) is 7.30. The minimum absolute atomic E-state index is 0.277. The van der Waals surface area contributed by atoms with Gasteiger partial charge in [0, 0.05) is 5.56 Å². The Balaban J connectivity index is 2.03. The van der Waals surface area contributed by atoms with Crippen LogP contribution in [0.3, 0.4) is 0 Å². The summed E-state index contributed by atoms with van der Waals surface area (Å²) in [5.74, 6) is 0.400. The van der Waals surface area contributed by atoms with Crippen molar-refractivity contribution < 1.29 is 14.0 Å². The molecule has 0 radical (unpaired) electrons. The Hall–Kier alpha value is -2.35. The molecule has 0 bridgehead atoms. The van der Waals surface area contributed by atoms with Crippen LogP contribution in [-0.4, -0.2) is 4.89 Å². The molecule has 1 atom stereocenters. The maximum Gasteiger partial charge on any atom is 0.408 e. The normalized spacial score (nSPS) is 13.3. The van der Waals surface area contributed by atoms with Gasteiger partial charge in [0.1, 0.15) is 5.75 Å². The predicted molar refractivity (Wildman–Crippen MR) is 93.1 cm³/mol. The molecule has 0 saturated heterocycles. The summed E-state index contributed by atoms with van der Waals surface area (Å²) >= 11 is 0. The van der Waals surface area contributed by atoms with Crippen LogP contribution in [0.4, 0.5) is 0 Å². The van der Waals surface area contributed by atoms with Crippen molar-refractivity contribution in [2.45, 2.75) is 6.92 Å². The fraction of sp³-hybridized carbons (Fsp3) is 0.0526. The Morgan fingerprint density at radius 2 is 1.48 bits per heavy atom. The molecule has 0 spiro atoms. The lowest BCUT2D eigenvalue weighted by Gasteiger charge is -2.17. The second-order valence-corrected chi connectivity index (χ2v) is 7.05. The van der Waals surface area contributed by atoms with Gasteiger partial charge in [-0.05, 0) is 36.8 Å². The first-order valence-corrected chi connectivity index (χ1v) is 8.88. The van der Waals surface area contributed by atoms with Gasteiger partial charge < -0.3 is 9.42 Å². The van der Waals surface area contributed by atoms with E-state index in [2.05, 4.69) is 0 Å². The summed E-state index contributed by atoms with van der Waals surface area (Å²) < 4.78 is 18.1. The lowest BCUT2D eigenvalue weighted by Crippen LogP contribution is -2.08. The van der Waals surface area contributed by atoms with Crippen molar-refractivity contribution in [2.75, 3.05) is 0 Å². The number of hydrogen-bond donors (Lipinski definition) is 1. The third-order valence-electron chi connectivity index (χ3n) is 3.52. The Labute approximate surface area is 135 Å². The van der Waals surface area contributed by atoms with Crippen LogP contribution >= 0.6 is 7.60 Å². The van der Waals surface area contributed by atoms with E-state index in [4.69, 9.17) is 4.52 Å². The largest absolute Gasteiger partial charge is 0.421 e. The summed E-state index contributed by atoms with van der Waals surface area (Å²) in [5, 5.41) is 0.277. The van der Waals surface area contributed by atoms with E-state index in [1.807, 2.05) is 49.4 Å². The first kappa shape index (κ1) is 15.5. The summed E-state index contributed by atoms with van der Waals surface area (Å²) in [5.41, 5.74) is 2.80. The second kappa shape index (κ2) is 6.41. The molecule has 4 heteroatoms. The van der Waals surface area contributed by atoms with Crippen LogP contribution < -0.4 is 9.83 Å². The Bertz CT molecular complexity index is 845. The molecule has 1 unspecified atom stereocenters. The minimum Gasteiger partial charge on any atom is -0.421 e. The maximum atomic E-state index is 12.6. The molecule has 3 nitrogen and oxygen atoms in total. The predicted octanol–water partition coefficient (Wildman–Crippen LogP) is 4.55. The monoisotopic (exact) mass is 324 g/mol. The standard InChI is InChI=1S/C19H17O3P/c1-15-12-13-19(18(14-15)16-8-4-2-5-9-16)22-23(20,21)17-10-6-3-7-11-17/h2-14H,1H3,(H,20,21). The van der Waals surface area contributed by atoms with Crippen molar-refractivity contribution in [3.05, 3.63) is 84.4 Å². The fourth-order valence-corrected chi connectivity index (χ4v) is 3.45. The van der Waals surface area contributed by atoms with Crippen molar-refractivity contribution in [1.29, 1.82) is 0 Å². The third kappa shape index (κ3) is 3.53. The number of aryl methyl sites for hydroxylation is 1. The van der Waals surface area contributed by atoms with Crippen molar-refractivity contribution in [3.63, 3.8) is 0 Å². The van der Waals surface area contributed by atoms with E-state index in [-0.39, 0.29) is 5.30 Å². The van der Waals surface area contributed by atoms with Gasteiger partial charge in [-0.1, -0.05) is 60.2 Å². The van der Waals surface area contributed by atoms with Crippen LogP contribution in [0.5, 0.6) is 5.75 Å². The quantitative estimate of drug-likeness (QED) is 0.716. The van der Waals surface area contributed by atoms with Gasteiger partial charge in [-0.15, -0.1) is 0 Å². The number of hydrogen-bond acceptors (Lipinski definition) is 2. The van der Waals surface area contributed by atoms with Gasteiger partial charge in [-0.25, -0.2) is 4.57 Å². The molecular weight excluding hydrogens is 307 g/mol. The van der Waals surface area contributed by atoms with Crippen LogP contribution in [-0.2, 0) is 4.57 Å². The molecule has 0 aromatic heterocycles. The summed E-state index contributed by atoms with van der Waals surface area (Å²) in [6.07, 6.45) is 0. The van der Waals surface area contributed by atoms with E-state index in [1.165, 1.54) is 0 Å². The lowest BCUT2D eigenvalue weighted by molar-refractivity contribution is 0.394. The molecule has 0 heterocycles. The summed E-state index contributed by atoms with van der Waals surface area (Å²) in [6.45, 7) is 1.98. The SMILES string of the molecule is Cc1ccc(OP(=O)(O)c2ccccc2)c(-c2ccccc2)c1. The summed E-state index contributed by atoms with van der Waals surface area (Å²) in [4.78, 5) is 10.3. The molecule has 3 rings (SSSR count). The molecule has 0 amide bonds. The van der Waals surface area contributed by atoms with Gasteiger partial charge in [-0.2, -0.15) is 0 Å². The van der Waals surface area contributed by atoms with Crippen molar-refractivity contribution >= 4 is 12.9 Å². The zero-order chi connectivity index (χ0) is 16.3. The second-order valence-electron chi connectivity index (χ2n) is 5.31. The minimum atomic E-state index is -3.93. The molecule has 3 aromatic rings. The van der Waals surface area contributed by atoms with Crippen LogP contribution in [0.25, 0.3) is 11.1 Å². The summed E-state index contributed by atoms with van der Waals surface area (Å²) in [6, 6.07) is 23.7. The van der Waals surface area contributed by atoms with E-state index >= 15 is 0 Å². The van der Waals surface area contributed by atoms with E-state index in [0.717, 1.165) is 16.7 Å². The molecule has 23 heavy (non-hydrogen) atoms. The molecule has 0 aliphatic carbocycles. The number of benzene rings is 3. The average Bonchev–Trinajstić information content (AvgIpc) is 2.58. The zero-order valence-corrected chi connectivity index (χ0v) is 13.6. The topological polar surface area (TPSA) is 46.5 Å². The highest BCUT2D eigenvalue weighted by Crippen LogP contribution is 2.45. The molecule has 0 fully saturated rings. The highest BCUT2D eigenvalue weighted by atomic mass is 31.2. The first-order chi connectivity index (χ1) is 11.1. The van der Waals surface area contributed by atoms with Gasteiger partial charge in [0.15, 0.2) is 0 Å². The highest BCUT2D eigenvalue weighted by Gasteiger charge is 2.25. The summed E-state index contributed by atoms with van der Waals surface area (Å²) in [7, 11) is -3.93. The van der Waals surface area contributed by atoms with Crippen LogP contribution in [0.2, 0.25) is 0 Å². The van der Waals surface area contributed by atoms with Crippen LogP contribution in [0.1, 0.15) is 5.56 Å². The molecule has 0 saturated carbocycles. The third-order valence-corrected chi connectivity index (χ3v) is 4.92. The molecule has 3 aromatic carbocycles. The molecule has 116 valence electrons. The molecule has 1 N–H and O–H groups in total. The number of rotatable bonds is 4. The van der Waals surface area contributed by atoms with Gasteiger partial charge in [0.05, 0.1) is 5.30 Å². The van der Waals surface area contributed by atoms with Crippen LogP contribution in [0.15, 0.2) is 78.9 Å². The van der Waals surface area contributed by atoms with E-state index < -0.39 is 7.60 Å². The van der Waals surface area contributed by atoms with E-state index in [0.29, 0.717) is 5.75 Å². The fourth-order valence-electron chi connectivity index (χ4n) is 2.37. The van der Waals surface area contributed by atoms with Crippen LogP contribution in [0, 0.1) is 6.92 Å². The van der Waals surface area contributed by atoms with E-state index in [1.54, 1.807) is 36.4 Å². The lowest BCUT2D eigenvalue weighted by atomic mass is 10.0. The maximum absolute atomic E-state index is 12.6. The molecule has 0 aliphatic rings. The Morgan fingerprint density at radius 3 is 2.13 bits per heavy atom. The smallest absolute Gasteiger partial charge is 0.408 e. The van der Waals surface area contributed by atoms with Crippen molar-refractivity contribution in [2.24, 2.45) is 0 Å². The molecular formula is C19H17O3P.